The van der Waals surface area contributed by atoms with Crippen molar-refractivity contribution in [1.82, 2.24) is 9.78 Å². The highest BCUT2D eigenvalue weighted by atomic mass is 16.5. The minimum Gasteiger partial charge on any atom is -0.488 e. The van der Waals surface area contributed by atoms with E-state index >= 15 is 0 Å². The fourth-order valence-electron chi connectivity index (χ4n) is 4.33. The summed E-state index contributed by atoms with van der Waals surface area (Å²) >= 11 is 0. The van der Waals surface area contributed by atoms with Gasteiger partial charge < -0.3 is 24.7 Å². The lowest BCUT2D eigenvalue weighted by Crippen LogP contribution is -2.06. The average Bonchev–Trinajstić information content (AvgIpc) is 3.55. The molecule has 188 valence electrons. The second kappa shape index (κ2) is 10.6. The first-order valence-electron chi connectivity index (χ1n) is 11.9. The molecule has 0 saturated heterocycles. The maximum Gasteiger partial charge on any atom is 0.307 e. The van der Waals surface area contributed by atoms with Crippen molar-refractivity contribution in [1.29, 1.82) is 0 Å². The van der Waals surface area contributed by atoms with Crippen molar-refractivity contribution in [3.8, 4) is 22.6 Å². The van der Waals surface area contributed by atoms with Crippen molar-refractivity contribution in [3.63, 3.8) is 0 Å². The van der Waals surface area contributed by atoms with Crippen LogP contribution in [0.4, 0.5) is 0 Å². The molecule has 3 N–H and O–H groups in total. The number of furan rings is 1. The van der Waals surface area contributed by atoms with E-state index in [1.165, 1.54) is 0 Å². The molecule has 5 rings (SSSR count). The number of carbonyl (C=O) groups is 1. The average molecular weight is 498 g/mol. The van der Waals surface area contributed by atoms with Crippen LogP contribution in [0, 0.1) is 0 Å². The van der Waals surface area contributed by atoms with E-state index in [9.17, 15) is 9.90 Å². The van der Waals surface area contributed by atoms with Crippen LogP contribution in [-0.2, 0) is 38.0 Å². The maximum absolute atomic E-state index is 11.3. The zero-order valence-corrected chi connectivity index (χ0v) is 20.4. The molecule has 0 aliphatic carbocycles. The summed E-state index contributed by atoms with van der Waals surface area (Å²) in [5.74, 6) is 0.223. The normalized spacial score (nSPS) is 11.1. The molecular weight excluding hydrogens is 470 g/mol. The number of carboxylic acid groups (broad SMARTS) is 1. The number of hydrogen-bond acceptors (Lipinski definition) is 6. The highest BCUT2D eigenvalue weighted by molar-refractivity contribution is 5.97. The van der Waals surface area contributed by atoms with Crippen LogP contribution in [0.1, 0.15) is 22.4 Å². The molecule has 0 aliphatic heterocycles. The Hall–Kier alpha value is -4.56. The SMILES string of the molecule is Cn1ccc(COc2c(COc3ccccc3CC(=O)O)cc(-c3cccc(CN)c3)c3occc23)n1. The monoisotopic (exact) mass is 497 g/mol. The molecule has 0 unspecified atom stereocenters. The number of carboxylic acids is 1. The predicted octanol–water partition coefficient (Wildman–Crippen LogP) is 5.08. The highest BCUT2D eigenvalue weighted by Crippen LogP contribution is 2.39. The Balaban J connectivity index is 1.56. The van der Waals surface area contributed by atoms with E-state index in [-0.39, 0.29) is 19.6 Å². The van der Waals surface area contributed by atoms with E-state index in [1.54, 1.807) is 29.1 Å². The standard InChI is InChI=1S/C29H27N3O5/c1-32-11-9-23(31-32)18-37-28-22(17-36-26-8-3-2-6-21(26)15-27(33)34)14-25(29-24(28)10-12-35-29)20-7-4-5-19(13-20)16-30/h2-14H,15-18,30H2,1H3,(H,33,34). The molecule has 8 heteroatoms. The molecule has 0 saturated carbocycles. The van der Waals surface area contributed by atoms with Gasteiger partial charge in [-0.2, -0.15) is 5.10 Å². The fraction of sp³-hybridized carbons (Fsp3) is 0.172. The number of para-hydroxylation sites is 1. The molecule has 2 heterocycles. The van der Waals surface area contributed by atoms with E-state index in [1.807, 2.05) is 61.8 Å². The molecule has 0 amide bonds. The van der Waals surface area contributed by atoms with Crippen LogP contribution in [0.5, 0.6) is 11.5 Å². The molecule has 0 radical (unpaired) electrons. The Morgan fingerprint density at radius 2 is 1.89 bits per heavy atom. The molecule has 0 aliphatic rings. The van der Waals surface area contributed by atoms with Crippen LogP contribution in [0.25, 0.3) is 22.1 Å². The second-order valence-electron chi connectivity index (χ2n) is 8.72. The lowest BCUT2D eigenvalue weighted by molar-refractivity contribution is -0.136. The van der Waals surface area contributed by atoms with E-state index in [4.69, 9.17) is 19.6 Å². The molecule has 0 fully saturated rings. The minimum atomic E-state index is -0.919. The van der Waals surface area contributed by atoms with Crippen LogP contribution < -0.4 is 15.2 Å². The number of hydrogen-bond donors (Lipinski definition) is 2. The first-order chi connectivity index (χ1) is 18.0. The Kier molecular flexibility index (Phi) is 6.91. The zero-order valence-electron chi connectivity index (χ0n) is 20.4. The van der Waals surface area contributed by atoms with Gasteiger partial charge >= 0.3 is 5.97 Å². The van der Waals surface area contributed by atoms with E-state index in [0.717, 1.165) is 33.3 Å². The van der Waals surface area contributed by atoms with Gasteiger partial charge in [0.1, 0.15) is 30.3 Å². The lowest BCUT2D eigenvalue weighted by Gasteiger charge is -2.17. The van der Waals surface area contributed by atoms with Gasteiger partial charge in [-0.05, 0) is 41.5 Å². The summed E-state index contributed by atoms with van der Waals surface area (Å²) in [5.41, 5.74) is 11.6. The Bertz CT molecular complexity index is 1550. The minimum absolute atomic E-state index is 0.128. The Morgan fingerprint density at radius 1 is 1.03 bits per heavy atom. The molecular formula is C29H27N3O5. The van der Waals surface area contributed by atoms with Gasteiger partial charge in [0.05, 0.1) is 23.8 Å². The first kappa shape index (κ1) is 24.1. The number of aryl methyl sites for hydroxylation is 1. The van der Waals surface area contributed by atoms with Gasteiger partial charge in [-0.1, -0.05) is 36.4 Å². The number of rotatable bonds is 10. The molecule has 0 spiro atoms. The number of aromatic nitrogens is 2. The number of benzene rings is 3. The van der Waals surface area contributed by atoms with Crippen molar-refractivity contribution >= 4 is 16.9 Å². The summed E-state index contributed by atoms with van der Waals surface area (Å²) in [6, 6.07) is 20.9. The van der Waals surface area contributed by atoms with E-state index in [0.29, 0.717) is 29.2 Å². The molecule has 8 nitrogen and oxygen atoms in total. The van der Waals surface area contributed by atoms with Gasteiger partial charge in [0, 0.05) is 36.5 Å². The van der Waals surface area contributed by atoms with Gasteiger partial charge in [0.25, 0.3) is 0 Å². The third-order valence-electron chi connectivity index (χ3n) is 6.07. The van der Waals surface area contributed by atoms with Crippen LogP contribution >= 0.6 is 0 Å². The maximum atomic E-state index is 11.3. The van der Waals surface area contributed by atoms with Crippen molar-refractivity contribution < 1.29 is 23.8 Å². The third kappa shape index (κ3) is 5.34. The van der Waals surface area contributed by atoms with Crippen molar-refractivity contribution in [2.75, 3.05) is 0 Å². The van der Waals surface area contributed by atoms with Gasteiger partial charge in [0.15, 0.2) is 0 Å². The summed E-state index contributed by atoms with van der Waals surface area (Å²) in [6.45, 7) is 0.862. The summed E-state index contributed by atoms with van der Waals surface area (Å²) < 4.78 is 20.1. The molecule has 0 atom stereocenters. The van der Waals surface area contributed by atoms with Crippen LogP contribution in [0.3, 0.4) is 0 Å². The summed E-state index contributed by atoms with van der Waals surface area (Å²) in [6.07, 6.45) is 3.38. The predicted molar refractivity (Wildman–Crippen MR) is 139 cm³/mol. The van der Waals surface area contributed by atoms with Gasteiger partial charge in [-0.25, -0.2) is 0 Å². The number of ether oxygens (including phenoxy) is 2. The quantitative estimate of drug-likeness (QED) is 0.277. The Labute approximate surface area is 213 Å². The van der Waals surface area contributed by atoms with Gasteiger partial charge in [-0.3, -0.25) is 9.48 Å². The van der Waals surface area contributed by atoms with Crippen LogP contribution in [0.2, 0.25) is 0 Å². The summed E-state index contributed by atoms with van der Waals surface area (Å²) in [7, 11) is 1.86. The van der Waals surface area contributed by atoms with Crippen molar-refractivity contribution in [2.45, 2.75) is 26.2 Å². The van der Waals surface area contributed by atoms with Crippen LogP contribution in [-0.4, -0.2) is 20.9 Å². The van der Waals surface area contributed by atoms with Crippen LogP contribution in [0.15, 0.2) is 83.6 Å². The summed E-state index contributed by atoms with van der Waals surface area (Å²) in [4.78, 5) is 11.3. The van der Waals surface area contributed by atoms with E-state index < -0.39 is 5.97 Å². The number of fused-ring (bicyclic) bond motifs is 1. The Morgan fingerprint density at radius 3 is 2.68 bits per heavy atom. The molecule has 2 aromatic heterocycles. The first-order valence-corrected chi connectivity index (χ1v) is 11.9. The molecule has 37 heavy (non-hydrogen) atoms. The molecule has 0 bridgehead atoms. The van der Waals surface area contributed by atoms with Crippen molar-refractivity contribution in [3.05, 3.63) is 102 Å². The molecule has 5 aromatic rings. The number of nitrogens with zero attached hydrogens (tertiary/aromatic N) is 2. The van der Waals surface area contributed by atoms with Gasteiger partial charge in [0.2, 0.25) is 0 Å². The summed E-state index contributed by atoms with van der Waals surface area (Å²) in [5, 5.41) is 14.5. The van der Waals surface area contributed by atoms with Crippen molar-refractivity contribution in [2.24, 2.45) is 12.8 Å². The molecule has 3 aromatic carbocycles. The zero-order chi connectivity index (χ0) is 25.8. The second-order valence-corrected chi connectivity index (χ2v) is 8.72. The smallest absolute Gasteiger partial charge is 0.307 e. The largest absolute Gasteiger partial charge is 0.488 e. The van der Waals surface area contributed by atoms with E-state index in [2.05, 4.69) is 5.10 Å². The third-order valence-corrected chi connectivity index (χ3v) is 6.07. The number of nitrogens with two attached hydrogens (primary N) is 1. The topological polar surface area (TPSA) is 113 Å². The lowest BCUT2D eigenvalue weighted by atomic mass is 9.98. The fourth-order valence-corrected chi connectivity index (χ4v) is 4.33. The highest BCUT2D eigenvalue weighted by Gasteiger charge is 2.19. The van der Waals surface area contributed by atoms with Gasteiger partial charge in [-0.15, -0.1) is 0 Å². The number of aliphatic carboxylic acids is 1.